The molecule has 0 aromatic rings. The number of nitrogens with one attached hydrogen (secondary N) is 1. The first-order valence-electron chi connectivity index (χ1n) is 7.74. The molecular weight excluding hydrogens is 256 g/mol. The Hall–Kier alpha value is -0.940. The summed E-state index contributed by atoms with van der Waals surface area (Å²) in [4.78, 5) is 25.8. The van der Waals surface area contributed by atoms with Crippen molar-refractivity contribution < 1.29 is 14.3 Å². The topological polar surface area (TPSA) is 58.6 Å². The molecule has 1 N–H and O–H groups in total. The molecule has 3 atom stereocenters. The normalized spacial score (nSPS) is 27.9. The summed E-state index contributed by atoms with van der Waals surface area (Å²) in [5, 5.41) is 3.37. The number of rotatable bonds is 5. The largest absolute Gasteiger partial charge is 0.381 e. The van der Waals surface area contributed by atoms with Gasteiger partial charge >= 0.3 is 0 Å². The monoisotopic (exact) mass is 282 g/mol. The lowest BCUT2D eigenvalue weighted by Gasteiger charge is -2.30. The van der Waals surface area contributed by atoms with Gasteiger partial charge in [-0.1, -0.05) is 6.92 Å². The molecule has 0 aromatic carbocycles. The number of ether oxygens (including phenoxy) is 1. The molecule has 0 aliphatic carbocycles. The molecule has 2 fully saturated rings. The van der Waals surface area contributed by atoms with Gasteiger partial charge in [0.1, 0.15) is 0 Å². The van der Waals surface area contributed by atoms with E-state index in [1.807, 2.05) is 13.8 Å². The fourth-order valence-electron chi connectivity index (χ4n) is 3.10. The van der Waals surface area contributed by atoms with Crippen LogP contribution in [0.25, 0.3) is 0 Å². The SMILES string of the molecule is CCC(C)N1C(=O)CC(NC(C)C2CCOCC2)C1=O. The molecule has 2 amide bonds. The fraction of sp³-hybridized carbons (Fsp3) is 0.867. The van der Waals surface area contributed by atoms with Crippen molar-refractivity contribution in [2.45, 2.75) is 64.6 Å². The smallest absolute Gasteiger partial charge is 0.247 e. The lowest BCUT2D eigenvalue weighted by atomic mass is 9.92. The van der Waals surface area contributed by atoms with E-state index in [1.165, 1.54) is 4.90 Å². The van der Waals surface area contributed by atoms with E-state index < -0.39 is 0 Å². The molecule has 0 aromatic heterocycles. The van der Waals surface area contributed by atoms with Crippen molar-refractivity contribution in [1.29, 1.82) is 0 Å². The Bertz CT molecular complexity index is 366. The van der Waals surface area contributed by atoms with Gasteiger partial charge in [-0.2, -0.15) is 0 Å². The Balaban J connectivity index is 1.93. The second-order valence-electron chi connectivity index (χ2n) is 6.02. The van der Waals surface area contributed by atoms with E-state index in [2.05, 4.69) is 12.2 Å². The van der Waals surface area contributed by atoms with Gasteiger partial charge in [0.05, 0.1) is 12.5 Å². The van der Waals surface area contributed by atoms with E-state index in [0.717, 1.165) is 32.5 Å². The van der Waals surface area contributed by atoms with E-state index >= 15 is 0 Å². The summed E-state index contributed by atoms with van der Waals surface area (Å²) >= 11 is 0. The van der Waals surface area contributed by atoms with E-state index in [-0.39, 0.29) is 29.9 Å². The number of imide groups is 1. The third-order valence-electron chi connectivity index (χ3n) is 4.65. The van der Waals surface area contributed by atoms with Crippen LogP contribution < -0.4 is 5.32 Å². The second-order valence-corrected chi connectivity index (χ2v) is 6.02. The van der Waals surface area contributed by atoms with Crippen LogP contribution in [0.3, 0.4) is 0 Å². The van der Waals surface area contributed by atoms with Crippen LogP contribution in [0.1, 0.15) is 46.5 Å². The Kier molecular flexibility index (Phi) is 5.16. The minimum absolute atomic E-state index is 0.000173. The standard InChI is InChI=1S/C15H26N2O3/c1-4-10(2)17-14(18)9-13(15(17)19)16-11(3)12-5-7-20-8-6-12/h10-13,16H,4-9H2,1-3H3. The number of hydrogen-bond acceptors (Lipinski definition) is 4. The van der Waals surface area contributed by atoms with Crippen molar-refractivity contribution in [3.05, 3.63) is 0 Å². The minimum Gasteiger partial charge on any atom is -0.381 e. The van der Waals surface area contributed by atoms with E-state index in [1.54, 1.807) is 0 Å². The molecule has 2 heterocycles. The number of likely N-dealkylation sites (tertiary alicyclic amines) is 1. The van der Waals surface area contributed by atoms with Gasteiger partial charge in [-0.15, -0.1) is 0 Å². The summed E-state index contributed by atoms with van der Waals surface area (Å²) in [5.74, 6) is 0.439. The van der Waals surface area contributed by atoms with Crippen molar-refractivity contribution in [3.63, 3.8) is 0 Å². The van der Waals surface area contributed by atoms with Crippen molar-refractivity contribution in [3.8, 4) is 0 Å². The van der Waals surface area contributed by atoms with Gasteiger partial charge in [0.25, 0.3) is 0 Å². The number of carbonyl (C=O) groups is 2. The number of carbonyl (C=O) groups excluding carboxylic acids is 2. The Morgan fingerprint density at radius 2 is 1.95 bits per heavy atom. The highest BCUT2D eigenvalue weighted by molar-refractivity contribution is 6.05. The van der Waals surface area contributed by atoms with Gasteiger partial charge in [-0.3, -0.25) is 14.5 Å². The second kappa shape index (κ2) is 6.68. The molecule has 5 nitrogen and oxygen atoms in total. The van der Waals surface area contributed by atoms with Gasteiger partial charge in [0, 0.05) is 25.3 Å². The lowest BCUT2D eigenvalue weighted by molar-refractivity contribution is -0.141. The van der Waals surface area contributed by atoms with Crippen molar-refractivity contribution in [1.82, 2.24) is 10.2 Å². The zero-order valence-electron chi connectivity index (χ0n) is 12.7. The highest BCUT2D eigenvalue weighted by Gasteiger charge is 2.41. The Morgan fingerprint density at radius 3 is 2.55 bits per heavy atom. The van der Waals surface area contributed by atoms with Crippen LogP contribution in [0, 0.1) is 5.92 Å². The van der Waals surface area contributed by atoms with Crippen molar-refractivity contribution in [2.24, 2.45) is 5.92 Å². The summed E-state index contributed by atoms with van der Waals surface area (Å²) in [6.07, 6.45) is 3.16. The molecule has 0 saturated carbocycles. The van der Waals surface area contributed by atoms with Crippen molar-refractivity contribution >= 4 is 11.8 Å². The van der Waals surface area contributed by atoms with Gasteiger partial charge in [0.2, 0.25) is 11.8 Å². The number of amides is 2. The van der Waals surface area contributed by atoms with Crippen LogP contribution in [0.4, 0.5) is 0 Å². The average molecular weight is 282 g/mol. The average Bonchev–Trinajstić information content (AvgIpc) is 2.73. The zero-order valence-corrected chi connectivity index (χ0v) is 12.7. The Labute approximate surface area is 121 Å². The van der Waals surface area contributed by atoms with Crippen LogP contribution in [-0.2, 0) is 14.3 Å². The quantitative estimate of drug-likeness (QED) is 0.773. The summed E-state index contributed by atoms with van der Waals surface area (Å²) in [6.45, 7) is 7.64. The van der Waals surface area contributed by atoms with Crippen LogP contribution in [0.15, 0.2) is 0 Å². The molecule has 0 bridgehead atoms. The highest BCUT2D eigenvalue weighted by Crippen LogP contribution is 2.22. The fourth-order valence-corrected chi connectivity index (χ4v) is 3.10. The first-order chi connectivity index (χ1) is 9.54. The van der Waals surface area contributed by atoms with Gasteiger partial charge in [0.15, 0.2) is 0 Å². The molecule has 2 aliphatic rings. The minimum atomic E-state index is -0.339. The highest BCUT2D eigenvalue weighted by atomic mass is 16.5. The number of nitrogens with zero attached hydrogens (tertiary/aromatic N) is 1. The molecule has 2 saturated heterocycles. The molecular formula is C15H26N2O3. The number of hydrogen-bond donors (Lipinski definition) is 1. The van der Waals surface area contributed by atoms with Gasteiger partial charge < -0.3 is 10.1 Å². The predicted molar refractivity (Wildman–Crippen MR) is 76.2 cm³/mol. The van der Waals surface area contributed by atoms with Crippen LogP contribution in [0.5, 0.6) is 0 Å². The molecule has 0 radical (unpaired) electrons. The summed E-state index contributed by atoms with van der Waals surface area (Å²) < 4.78 is 5.36. The van der Waals surface area contributed by atoms with E-state index in [0.29, 0.717) is 12.3 Å². The maximum Gasteiger partial charge on any atom is 0.247 e. The lowest BCUT2D eigenvalue weighted by Crippen LogP contribution is -2.47. The molecule has 5 heteroatoms. The molecule has 20 heavy (non-hydrogen) atoms. The van der Waals surface area contributed by atoms with E-state index in [9.17, 15) is 9.59 Å². The molecule has 2 rings (SSSR count). The maximum atomic E-state index is 12.4. The van der Waals surface area contributed by atoms with Gasteiger partial charge in [-0.05, 0) is 39.0 Å². The summed E-state index contributed by atoms with van der Waals surface area (Å²) in [6, 6.07) is -0.0907. The van der Waals surface area contributed by atoms with Crippen LogP contribution in [0.2, 0.25) is 0 Å². The zero-order chi connectivity index (χ0) is 14.7. The predicted octanol–water partition coefficient (Wildman–Crippen LogP) is 1.32. The Morgan fingerprint density at radius 1 is 1.30 bits per heavy atom. The van der Waals surface area contributed by atoms with Crippen LogP contribution >= 0.6 is 0 Å². The van der Waals surface area contributed by atoms with E-state index in [4.69, 9.17) is 4.74 Å². The first kappa shape index (κ1) is 15.4. The third-order valence-corrected chi connectivity index (χ3v) is 4.65. The maximum absolute atomic E-state index is 12.4. The molecule has 114 valence electrons. The summed E-state index contributed by atoms with van der Waals surface area (Å²) in [7, 11) is 0. The third kappa shape index (κ3) is 3.20. The summed E-state index contributed by atoms with van der Waals surface area (Å²) in [5.41, 5.74) is 0. The van der Waals surface area contributed by atoms with Gasteiger partial charge in [-0.25, -0.2) is 0 Å². The first-order valence-corrected chi connectivity index (χ1v) is 7.74. The van der Waals surface area contributed by atoms with Crippen molar-refractivity contribution in [2.75, 3.05) is 13.2 Å². The molecule has 2 aliphatic heterocycles. The van der Waals surface area contributed by atoms with Crippen LogP contribution in [-0.4, -0.2) is 48.1 Å². The molecule has 3 unspecified atom stereocenters. The molecule has 0 spiro atoms.